The highest BCUT2D eigenvalue weighted by Gasteiger charge is 2.14. The molecule has 8 heteroatoms. The number of likely N-dealkylation sites (N-methyl/N-ethyl adjacent to an activating group) is 1. The largest absolute Gasteiger partial charge is 0.477 e. The Morgan fingerprint density at radius 1 is 1.40 bits per heavy atom. The molecular formula is C7H13N3O4S. The quantitative estimate of drug-likeness (QED) is 0.316. The lowest BCUT2D eigenvalue weighted by atomic mass is 10.5. The average Bonchev–Trinajstić information content (AvgIpc) is 2.22. The van der Waals surface area contributed by atoms with E-state index in [1.54, 1.807) is 14.1 Å². The predicted molar refractivity (Wildman–Crippen MR) is 56.3 cm³/mol. The van der Waals surface area contributed by atoms with Gasteiger partial charge >= 0.3 is 12.0 Å². The minimum atomic E-state index is -0.656. The van der Waals surface area contributed by atoms with Gasteiger partial charge in [0.1, 0.15) is 0 Å². The van der Waals surface area contributed by atoms with Crippen molar-refractivity contribution in [3.63, 3.8) is 0 Å². The van der Waals surface area contributed by atoms with Crippen LogP contribution in [0.25, 0.3) is 0 Å². The van der Waals surface area contributed by atoms with E-state index in [1.165, 1.54) is 19.1 Å². The van der Waals surface area contributed by atoms with Gasteiger partial charge in [0.05, 0.1) is 7.11 Å². The van der Waals surface area contributed by atoms with Crippen LogP contribution in [-0.2, 0) is 13.7 Å². The van der Waals surface area contributed by atoms with Crippen molar-refractivity contribution in [2.45, 2.75) is 0 Å². The van der Waals surface area contributed by atoms with E-state index in [0.29, 0.717) is 12.2 Å². The van der Waals surface area contributed by atoms with E-state index in [-0.39, 0.29) is 5.90 Å². The number of nitrogens with zero attached hydrogens (tertiary/aromatic N) is 2. The van der Waals surface area contributed by atoms with Crippen LogP contribution < -0.4 is 5.32 Å². The zero-order valence-electron chi connectivity index (χ0n) is 8.94. The summed E-state index contributed by atoms with van der Waals surface area (Å²) in [5.74, 6) is -0.556. The molecule has 0 aliphatic heterocycles. The molecule has 0 aliphatic rings. The molecule has 0 aromatic carbocycles. The third-order valence-corrected chi connectivity index (χ3v) is 1.69. The Bertz CT molecular complexity index is 267. The van der Waals surface area contributed by atoms with Gasteiger partial charge in [0.25, 0.3) is 5.90 Å². The fourth-order valence-corrected chi connectivity index (χ4v) is 0.892. The van der Waals surface area contributed by atoms with Crippen molar-refractivity contribution in [3.8, 4) is 0 Å². The number of amides is 2. The van der Waals surface area contributed by atoms with Gasteiger partial charge in [-0.05, 0) is 0 Å². The number of hydrogen-bond acceptors (Lipinski definition) is 6. The minimum absolute atomic E-state index is 0.145. The van der Waals surface area contributed by atoms with E-state index in [0.717, 1.165) is 0 Å². The summed E-state index contributed by atoms with van der Waals surface area (Å²) in [4.78, 5) is 23.2. The second-order valence-corrected chi connectivity index (χ2v) is 2.99. The van der Waals surface area contributed by atoms with Crippen molar-refractivity contribution in [1.29, 1.82) is 0 Å². The highest BCUT2D eigenvalue weighted by atomic mass is 32.2. The number of ether oxygens (including phenoxy) is 1. The first-order chi connectivity index (χ1) is 7.02. The number of rotatable bonds is 2. The molecule has 0 saturated heterocycles. The lowest BCUT2D eigenvalue weighted by Gasteiger charge is -2.10. The third-order valence-electron chi connectivity index (χ3n) is 1.22. The maximum Gasteiger partial charge on any atom is 0.420 e. The topological polar surface area (TPSA) is 80.2 Å². The van der Waals surface area contributed by atoms with Crippen LogP contribution in [0.1, 0.15) is 0 Å². The number of carbonyl (C=O) groups excluding carboxylic acids is 2. The highest BCUT2D eigenvalue weighted by Crippen LogP contribution is 2.06. The van der Waals surface area contributed by atoms with Crippen LogP contribution in [0.3, 0.4) is 0 Å². The molecule has 0 aromatic heterocycles. The second-order valence-electron chi connectivity index (χ2n) is 2.50. The van der Waals surface area contributed by atoms with Gasteiger partial charge < -0.3 is 19.1 Å². The van der Waals surface area contributed by atoms with Crippen LogP contribution in [0.15, 0.2) is 4.40 Å². The number of methoxy groups -OCH3 is 1. The molecule has 0 rings (SSSR count). The van der Waals surface area contributed by atoms with Crippen molar-refractivity contribution >= 4 is 30.1 Å². The molecule has 0 aliphatic carbocycles. The molecular weight excluding hydrogens is 222 g/mol. The molecule has 0 saturated carbocycles. The maximum atomic E-state index is 11.3. The fourth-order valence-electron chi connectivity index (χ4n) is 0.483. The molecule has 15 heavy (non-hydrogen) atoms. The monoisotopic (exact) mass is 235 g/mol. The van der Waals surface area contributed by atoms with Gasteiger partial charge in [0.15, 0.2) is 0 Å². The maximum absolute atomic E-state index is 11.3. The normalized spacial score (nSPS) is 10.5. The van der Waals surface area contributed by atoms with Crippen molar-refractivity contribution in [1.82, 2.24) is 10.2 Å². The summed E-state index contributed by atoms with van der Waals surface area (Å²) in [5.41, 5.74) is 0. The Kier molecular flexibility index (Phi) is 6.27. The number of carbonyl (C=O) groups is 2. The van der Waals surface area contributed by atoms with E-state index in [2.05, 4.69) is 13.9 Å². The zero-order chi connectivity index (χ0) is 11.8. The summed E-state index contributed by atoms with van der Waals surface area (Å²) in [5, 5.41) is 2.22. The van der Waals surface area contributed by atoms with E-state index < -0.39 is 12.0 Å². The first-order valence-electron chi connectivity index (χ1n) is 3.92. The minimum Gasteiger partial charge on any atom is -0.477 e. The van der Waals surface area contributed by atoms with Crippen LogP contribution in [-0.4, -0.2) is 51.1 Å². The Balaban J connectivity index is 4.23. The Labute approximate surface area is 92.2 Å². The molecule has 0 radical (unpaired) electrons. The van der Waals surface area contributed by atoms with Crippen LogP contribution in [0.4, 0.5) is 4.79 Å². The summed E-state index contributed by atoms with van der Waals surface area (Å²) in [6, 6.07) is 0. The SMILES string of the molecule is CNC(=O)OSN=C(OC)C(=O)N(C)C. The number of nitrogens with one attached hydrogen (secondary N) is 1. The predicted octanol–water partition coefficient (Wildman–Crippen LogP) is 0.0387. The Morgan fingerprint density at radius 3 is 2.40 bits per heavy atom. The first-order valence-corrected chi connectivity index (χ1v) is 4.61. The zero-order valence-corrected chi connectivity index (χ0v) is 9.75. The molecule has 0 heterocycles. The summed E-state index contributed by atoms with van der Waals surface area (Å²) in [6.07, 6.45) is -0.656. The van der Waals surface area contributed by atoms with Crippen LogP contribution in [0, 0.1) is 0 Å². The van der Waals surface area contributed by atoms with E-state index in [1.807, 2.05) is 0 Å². The molecule has 7 nitrogen and oxygen atoms in total. The van der Waals surface area contributed by atoms with Gasteiger partial charge in [-0.3, -0.25) is 4.79 Å². The Morgan fingerprint density at radius 2 is 2.00 bits per heavy atom. The van der Waals surface area contributed by atoms with E-state index in [9.17, 15) is 9.59 Å². The van der Waals surface area contributed by atoms with Crippen molar-refractivity contribution in [3.05, 3.63) is 0 Å². The summed E-state index contributed by atoms with van der Waals surface area (Å²) in [6.45, 7) is 0. The Hall–Kier alpha value is -1.44. The summed E-state index contributed by atoms with van der Waals surface area (Å²) in [7, 11) is 5.83. The molecule has 86 valence electrons. The van der Waals surface area contributed by atoms with Gasteiger partial charge in [-0.15, -0.1) is 4.40 Å². The van der Waals surface area contributed by atoms with Crippen molar-refractivity contribution < 1.29 is 18.5 Å². The van der Waals surface area contributed by atoms with Gasteiger partial charge in [-0.2, -0.15) is 0 Å². The first kappa shape index (κ1) is 13.6. The fraction of sp³-hybridized carbons (Fsp3) is 0.571. The molecule has 0 aromatic rings. The molecule has 1 N–H and O–H groups in total. The lowest BCUT2D eigenvalue weighted by molar-refractivity contribution is -0.123. The standard InChI is InChI=1S/C7H13N3O4S/c1-8-7(12)14-15-9-5(13-4)6(11)10(2)3/h1-4H3,(H,8,12). The molecule has 0 spiro atoms. The molecule has 0 fully saturated rings. The molecule has 0 bridgehead atoms. The van der Waals surface area contributed by atoms with Gasteiger partial charge in [-0.25, -0.2) is 4.79 Å². The van der Waals surface area contributed by atoms with Crippen LogP contribution >= 0.6 is 12.2 Å². The second kappa shape index (κ2) is 6.93. The highest BCUT2D eigenvalue weighted by molar-refractivity contribution is 7.93. The van der Waals surface area contributed by atoms with Crippen molar-refractivity contribution in [2.75, 3.05) is 28.3 Å². The molecule has 0 unspecified atom stereocenters. The smallest absolute Gasteiger partial charge is 0.420 e. The van der Waals surface area contributed by atoms with Crippen LogP contribution in [0.5, 0.6) is 0 Å². The molecule has 2 amide bonds. The van der Waals surface area contributed by atoms with E-state index in [4.69, 9.17) is 4.74 Å². The van der Waals surface area contributed by atoms with Gasteiger partial charge in [-0.1, -0.05) is 0 Å². The van der Waals surface area contributed by atoms with Crippen LogP contribution in [0.2, 0.25) is 0 Å². The third kappa shape index (κ3) is 5.11. The number of hydrogen-bond donors (Lipinski definition) is 1. The van der Waals surface area contributed by atoms with E-state index >= 15 is 0 Å². The average molecular weight is 235 g/mol. The molecule has 0 atom stereocenters. The summed E-state index contributed by atoms with van der Waals surface area (Å²) < 4.78 is 12.8. The van der Waals surface area contributed by atoms with Gasteiger partial charge in [0.2, 0.25) is 12.2 Å². The lowest BCUT2D eigenvalue weighted by Crippen LogP contribution is -2.30. The van der Waals surface area contributed by atoms with Crippen molar-refractivity contribution in [2.24, 2.45) is 4.40 Å². The van der Waals surface area contributed by atoms with Gasteiger partial charge in [0, 0.05) is 21.1 Å². The summed E-state index contributed by atoms with van der Waals surface area (Å²) >= 11 is 0.468.